The van der Waals surface area contributed by atoms with Crippen molar-refractivity contribution in [3.05, 3.63) is 72.9 Å². The Morgan fingerprint density at radius 1 is 0.364 bits per heavy atom. The molecule has 0 saturated carbocycles. The fraction of sp³-hybridized carbons (Fsp3) is 0.694. The molecule has 0 aliphatic heterocycles. The molecular weight excluding hydrogens is 685 g/mol. The molecule has 0 aromatic carbocycles. The van der Waals surface area contributed by atoms with Gasteiger partial charge in [0.15, 0.2) is 6.10 Å². The highest BCUT2D eigenvalue weighted by atomic mass is 16.6. The van der Waals surface area contributed by atoms with E-state index in [0.29, 0.717) is 19.3 Å². The number of ether oxygens (including phenoxy) is 3. The van der Waals surface area contributed by atoms with Crippen LogP contribution in [0.2, 0.25) is 0 Å². The van der Waals surface area contributed by atoms with Crippen molar-refractivity contribution in [1.29, 1.82) is 0 Å². The van der Waals surface area contributed by atoms with Gasteiger partial charge in [0.05, 0.1) is 0 Å². The maximum Gasteiger partial charge on any atom is 0.306 e. The van der Waals surface area contributed by atoms with Crippen LogP contribution in [0.3, 0.4) is 0 Å². The van der Waals surface area contributed by atoms with Gasteiger partial charge in [-0.25, -0.2) is 0 Å². The van der Waals surface area contributed by atoms with Crippen molar-refractivity contribution in [2.24, 2.45) is 0 Å². The van der Waals surface area contributed by atoms with Gasteiger partial charge in [0.25, 0.3) is 0 Å². The Kier molecular flexibility index (Phi) is 41.1. The van der Waals surface area contributed by atoms with Crippen molar-refractivity contribution in [2.75, 3.05) is 13.2 Å². The van der Waals surface area contributed by atoms with Crippen molar-refractivity contribution < 1.29 is 28.6 Å². The van der Waals surface area contributed by atoms with E-state index in [2.05, 4.69) is 93.7 Å². The third-order valence-corrected chi connectivity index (χ3v) is 9.15. The van der Waals surface area contributed by atoms with E-state index in [1.54, 1.807) is 0 Å². The molecule has 0 saturated heterocycles. The third-order valence-electron chi connectivity index (χ3n) is 9.15. The van der Waals surface area contributed by atoms with Crippen molar-refractivity contribution in [2.45, 2.75) is 207 Å². The van der Waals surface area contributed by atoms with Crippen LogP contribution in [0.5, 0.6) is 0 Å². The van der Waals surface area contributed by atoms with E-state index in [0.717, 1.165) is 103 Å². The highest BCUT2D eigenvalue weighted by Crippen LogP contribution is 2.11. The first-order valence-corrected chi connectivity index (χ1v) is 22.4. The molecule has 0 bridgehead atoms. The highest BCUT2D eigenvalue weighted by Gasteiger charge is 2.19. The van der Waals surface area contributed by atoms with Crippen LogP contribution in [0.1, 0.15) is 201 Å². The number of rotatable bonds is 39. The lowest BCUT2D eigenvalue weighted by molar-refractivity contribution is -0.167. The summed E-state index contributed by atoms with van der Waals surface area (Å²) >= 11 is 0. The van der Waals surface area contributed by atoms with Crippen molar-refractivity contribution in [3.8, 4) is 0 Å². The minimum atomic E-state index is -0.804. The Balaban J connectivity index is 4.47. The molecule has 0 radical (unpaired) electrons. The lowest BCUT2D eigenvalue weighted by Crippen LogP contribution is -2.30. The molecule has 0 rings (SSSR count). The van der Waals surface area contributed by atoms with Crippen LogP contribution in [0.15, 0.2) is 72.9 Å². The summed E-state index contributed by atoms with van der Waals surface area (Å²) in [7, 11) is 0. The number of carbonyl (C=O) groups excluding carboxylic acids is 3. The summed E-state index contributed by atoms with van der Waals surface area (Å²) in [6, 6.07) is 0. The highest BCUT2D eigenvalue weighted by molar-refractivity contribution is 5.71. The normalized spacial score (nSPS) is 12.7. The summed E-state index contributed by atoms with van der Waals surface area (Å²) in [4.78, 5) is 37.6. The molecule has 0 aromatic rings. The van der Waals surface area contributed by atoms with Gasteiger partial charge in [-0.15, -0.1) is 0 Å². The van der Waals surface area contributed by atoms with Gasteiger partial charge >= 0.3 is 17.9 Å². The number of hydrogen-bond donors (Lipinski definition) is 0. The molecule has 0 amide bonds. The quantitative estimate of drug-likeness (QED) is 0.0268. The van der Waals surface area contributed by atoms with Crippen molar-refractivity contribution in [1.82, 2.24) is 0 Å². The van der Waals surface area contributed by atoms with Gasteiger partial charge in [0.1, 0.15) is 13.2 Å². The van der Waals surface area contributed by atoms with Crippen LogP contribution in [0.25, 0.3) is 0 Å². The van der Waals surface area contributed by atoms with E-state index in [-0.39, 0.29) is 37.5 Å². The smallest absolute Gasteiger partial charge is 0.306 e. The van der Waals surface area contributed by atoms with E-state index in [1.807, 2.05) is 0 Å². The second-order valence-electron chi connectivity index (χ2n) is 14.6. The fourth-order valence-electron chi connectivity index (χ4n) is 5.69. The van der Waals surface area contributed by atoms with E-state index in [9.17, 15) is 14.4 Å². The maximum atomic E-state index is 12.7. The second kappa shape index (κ2) is 43.6. The molecule has 0 aromatic heterocycles. The first-order chi connectivity index (χ1) is 27.0. The van der Waals surface area contributed by atoms with Crippen LogP contribution in [0.4, 0.5) is 0 Å². The van der Waals surface area contributed by atoms with Gasteiger partial charge < -0.3 is 14.2 Å². The summed E-state index contributed by atoms with van der Waals surface area (Å²) in [5.74, 6) is -0.998. The molecule has 314 valence electrons. The monoisotopic (exact) mass is 767 g/mol. The molecular formula is C49H82O6. The number of unbranched alkanes of at least 4 members (excludes halogenated alkanes) is 16. The molecule has 6 nitrogen and oxygen atoms in total. The molecule has 0 fully saturated rings. The van der Waals surface area contributed by atoms with Crippen LogP contribution >= 0.6 is 0 Å². The molecule has 6 heteroatoms. The third kappa shape index (κ3) is 41.8. The zero-order chi connectivity index (χ0) is 40.1. The van der Waals surface area contributed by atoms with Crippen molar-refractivity contribution >= 4 is 17.9 Å². The Hall–Kier alpha value is -3.15. The zero-order valence-corrected chi connectivity index (χ0v) is 35.7. The first kappa shape index (κ1) is 51.9. The van der Waals surface area contributed by atoms with Gasteiger partial charge in [-0.1, -0.05) is 158 Å². The lowest BCUT2D eigenvalue weighted by Gasteiger charge is -2.18. The van der Waals surface area contributed by atoms with Gasteiger partial charge in [-0.2, -0.15) is 0 Å². The molecule has 1 atom stereocenters. The number of esters is 3. The number of allylic oxidation sites excluding steroid dienone is 12. The minimum Gasteiger partial charge on any atom is -0.462 e. The van der Waals surface area contributed by atoms with Gasteiger partial charge in [-0.3, -0.25) is 14.4 Å². The summed E-state index contributed by atoms with van der Waals surface area (Å²) in [5, 5.41) is 0. The molecule has 0 aliphatic rings. The number of hydrogen-bond acceptors (Lipinski definition) is 6. The minimum absolute atomic E-state index is 0.104. The Morgan fingerprint density at radius 3 is 1.15 bits per heavy atom. The van der Waals surface area contributed by atoms with Crippen LogP contribution in [-0.4, -0.2) is 37.2 Å². The van der Waals surface area contributed by atoms with E-state index < -0.39 is 6.10 Å². The fourth-order valence-corrected chi connectivity index (χ4v) is 5.69. The molecule has 1 unspecified atom stereocenters. The topological polar surface area (TPSA) is 78.9 Å². The van der Waals surface area contributed by atoms with Crippen molar-refractivity contribution in [3.63, 3.8) is 0 Å². The Bertz CT molecular complexity index is 1070. The predicted molar refractivity (Wildman–Crippen MR) is 233 cm³/mol. The summed E-state index contributed by atoms with van der Waals surface area (Å²) in [6.07, 6.45) is 53.2. The lowest BCUT2D eigenvalue weighted by atomic mass is 10.1. The number of carbonyl (C=O) groups is 3. The van der Waals surface area contributed by atoms with Gasteiger partial charge in [0.2, 0.25) is 0 Å². The van der Waals surface area contributed by atoms with Crippen LogP contribution in [-0.2, 0) is 28.6 Å². The van der Waals surface area contributed by atoms with Crippen LogP contribution < -0.4 is 0 Å². The molecule has 0 spiro atoms. The Morgan fingerprint density at radius 2 is 0.691 bits per heavy atom. The average Bonchev–Trinajstić information content (AvgIpc) is 3.18. The summed E-state index contributed by atoms with van der Waals surface area (Å²) in [6.45, 7) is 6.42. The van der Waals surface area contributed by atoms with E-state index in [4.69, 9.17) is 14.2 Å². The predicted octanol–water partition coefficient (Wildman–Crippen LogP) is 14.3. The summed E-state index contributed by atoms with van der Waals surface area (Å²) < 4.78 is 16.6. The zero-order valence-electron chi connectivity index (χ0n) is 35.7. The summed E-state index contributed by atoms with van der Waals surface area (Å²) in [5.41, 5.74) is 0. The Labute approximate surface area is 338 Å². The maximum absolute atomic E-state index is 12.7. The molecule has 0 heterocycles. The SMILES string of the molecule is CCCC/C=C\CCCCCCC(=O)OCC(COC(=O)CCC/C=C\C/C=C\C/C=C\C/C=C\CCCCC)OC(=O)CCCCCC/C=C\CCCC. The van der Waals surface area contributed by atoms with Gasteiger partial charge in [-0.05, 0) is 96.3 Å². The second-order valence-corrected chi connectivity index (χ2v) is 14.6. The van der Waals surface area contributed by atoms with E-state index >= 15 is 0 Å². The van der Waals surface area contributed by atoms with Crippen LogP contribution in [0, 0.1) is 0 Å². The average molecular weight is 767 g/mol. The molecule has 0 N–H and O–H groups in total. The first-order valence-electron chi connectivity index (χ1n) is 22.4. The standard InChI is InChI=1S/C49H82O6/c1-4-7-10-13-16-19-22-23-24-25-26-27-28-31-33-36-39-42-48(51)54-45-46(55-49(52)43-40-37-34-30-21-18-15-12-9-6-3)44-53-47(50)41-38-35-32-29-20-17-14-11-8-5-2/h14-19,23-24,26-27,31,33,46H,4-13,20-22,25,28-30,32,34-45H2,1-3H3/b17-14-,18-15-,19-16-,24-23-,27-26-,33-31-. The van der Waals surface area contributed by atoms with E-state index in [1.165, 1.54) is 51.4 Å². The van der Waals surface area contributed by atoms with Gasteiger partial charge in [0, 0.05) is 19.3 Å². The largest absolute Gasteiger partial charge is 0.462 e. The molecule has 55 heavy (non-hydrogen) atoms. The molecule has 0 aliphatic carbocycles.